The van der Waals surface area contributed by atoms with Crippen LogP contribution in [0.5, 0.6) is 0 Å². The van der Waals surface area contributed by atoms with Gasteiger partial charge < -0.3 is 1.43 Å². The molecular weight excluding hydrogens is 119 g/mol. The fraction of sp³-hybridized carbons (Fsp3) is 0. The standard InChI is InChI=1S/C4H6OS.Na.H/c1-3-6(5)4-2;;/h3-4H,1-2H2;;/q;+1;-1. The van der Waals surface area contributed by atoms with Crippen LogP contribution < -0.4 is 29.6 Å². The Morgan fingerprint density at radius 2 is 1.71 bits per heavy atom. The Morgan fingerprint density at radius 1 is 1.43 bits per heavy atom. The monoisotopic (exact) mass is 126 g/mol. The molecule has 0 aromatic rings. The fourth-order valence-electron chi connectivity index (χ4n) is 0.0680. The third kappa shape index (κ3) is 6.63. The topological polar surface area (TPSA) is 17.1 Å². The summed E-state index contributed by atoms with van der Waals surface area (Å²) in [6.45, 7) is 6.52. The van der Waals surface area contributed by atoms with Crippen molar-refractivity contribution in [3.63, 3.8) is 0 Å². The van der Waals surface area contributed by atoms with E-state index in [1.54, 1.807) is 0 Å². The molecule has 3 heteroatoms. The first kappa shape index (κ1) is 10.6. The predicted octanol–water partition coefficient (Wildman–Crippen LogP) is -1.86. The molecule has 0 saturated carbocycles. The first-order chi connectivity index (χ1) is 2.81. The van der Waals surface area contributed by atoms with Gasteiger partial charge in [-0.3, -0.25) is 4.21 Å². The molecule has 0 aliphatic carbocycles. The van der Waals surface area contributed by atoms with Gasteiger partial charge in [0, 0.05) is 0 Å². The normalized spacial score (nSPS) is 7.00. The smallest absolute Gasteiger partial charge is 1.00 e. The van der Waals surface area contributed by atoms with Gasteiger partial charge in [-0.2, -0.15) is 0 Å². The summed E-state index contributed by atoms with van der Waals surface area (Å²) in [7, 11) is -1.01. The average Bonchev–Trinajstić information content (AvgIpc) is 1.65. The summed E-state index contributed by atoms with van der Waals surface area (Å²) in [5.74, 6) is 0. The van der Waals surface area contributed by atoms with Crippen LogP contribution in [-0.4, -0.2) is 4.21 Å². The van der Waals surface area contributed by atoms with Crippen molar-refractivity contribution >= 4 is 10.8 Å². The molecule has 7 heavy (non-hydrogen) atoms. The van der Waals surface area contributed by atoms with Crippen molar-refractivity contribution in [2.75, 3.05) is 0 Å². The van der Waals surface area contributed by atoms with E-state index in [-0.39, 0.29) is 31.0 Å². The van der Waals surface area contributed by atoms with Crippen LogP contribution in [0.15, 0.2) is 24.0 Å². The molecular formula is C4H7NaOS. The Balaban J connectivity index is -0.000000125. The second-order valence-electron chi connectivity index (χ2n) is 0.662. The largest absolute Gasteiger partial charge is 1.00 e. The van der Waals surface area contributed by atoms with Crippen molar-refractivity contribution in [1.29, 1.82) is 0 Å². The maximum atomic E-state index is 10.1. The second-order valence-corrected chi connectivity index (χ2v) is 1.99. The summed E-state index contributed by atoms with van der Waals surface area (Å²) in [6, 6.07) is 0. The average molecular weight is 126 g/mol. The molecule has 0 rings (SSSR count). The Kier molecular flexibility index (Phi) is 10.0. The van der Waals surface area contributed by atoms with Crippen LogP contribution in [0.3, 0.4) is 0 Å². The van der Waals surface area contributed by atoms with Crippen molar-refractivity contribution in [2.24, 2.45) is 0 Å². The second kappa shape index (κ2) is 6.63. The zero-order valence-corrected chi connectivity index (χ0v) is 7.20. The predicted molar refractivity (Wildman–Crippen MR) is 29.6 cm³/mol. The Hall–Kier alpha value is 0.630. The molecule has 0 saturated heterocycles. The first-order valence-electron chi connectivity index (χ1n) is 1.45. The van der Waals surface area contributed by atoms with Gasteiger partial charge in [-0.25, -0.2) is 0 Å². The van der Waals surface area contributed by atoms with E-state index in [4.69, 9.17) is 0 Å². The van der Waals surface area contributed by atoms with Crippen LogP contribution in [0, 0.1) is 0 Å². The van der Waals surface area contributed by atoms with Crippen molar-refractivity contribution in [2.45, 2.75) is 0 Å². The van der Waals surface area contributed by atoms with Gasteiger partial charge in [0.15, 0.2) is 0 Å². The van der Waals surface area contributed by atoms with E-state index in [1.807, 2.05) is 0 Å². The minimum atomic E-state index is -1.01. The number of hydrogen-bond acceptors (Lipinski definition) is 1. The Bertz CT molecular complexity index is 84.0. The van der Waals surface area contributed by atoms with Crippen molar-refractivity contribution in [3.05, 3.63) is 24.0 Å². The quantitative estimate of drug-likeness (QED) is 0.396. The maximum absolute atomic E-state index is 10.1. The van der Waals surface area contributed by atoms with E-state index in [2.05, 4.69) is 13.2 Å². The van der Waals surface area contributed by atoms with Crippen molar-refractivity contribution in [1.82, 2.24) is 0 Å². The van der Waals surface area contributed by atoms with E-state index in [1.165, 1.54) is 10.8 Å². The Labute approximate surface area is 69.7 Å². The van der Waals surface area contributed by atoms with Crippen LogP contribution in [0.25, 0.3) is 0 Å². The molecule has 0 amide bonds. The molecule has 0 spiro atoms. The minimum Gasteiger partial charge on any atom is -1.00 e. The third-order valence-corrected chi connectivity index (χ3v) is 0.986. The Morgan fingerprint density at radius 3 is 1.71 bits per heavy atom. The molecule has 0 aliphatic rings. The molecule has 0 heterocycles. The molecule has 36 valence electrons. The molecule has 0 unspecified atom stereocenters. The van der Waals surface area contributed by atoms with Crippen LogP contribution in [0.2, 0.25) is 0 Å². The van der Waals surface area contributed by atoms with Crippen LogP contribution in [-0.2, 0) is 10.8 Å². The summed E-state index contributed by atoms with van der Waals surface area (Å²) in [4.78, 5) is 0. The van der Waals surface area contributed by atoms with E-state index in [0.29, 0.717) is 0 Å². The summed E-state index contributed by atoms with van der Waals surface area (Å²) >= 11 is 0. The van der Waals surface area contributed by atoms with Crippen molar-refractivity contribution < 1.29 is 35.2 Å². The molecule has 0 fully saturated rings. The molecule has 1 nitrogen and oxygen atoms in total. The summed E-state index contributed by atoms with van der Waals surface area (Å²) in [6.07, 6.45) is 0. The van der Waals surface area contributed by atoms with Gasteiger partial charge in [0.1, 0.15) is 0 Å². The van der Waals surface area contributed by atoms with Crippen LogP contribution in [0.4, 0.5) is 0 Å². The van der Waals surface area contributed by atoms with Gasteiger partial charge in [0.05, 0.1) is 10.8 Å². The van der Waals surface area contributed by atoms with E-state index in [9.17, 15) is 4.21 Å². The van der Waals surface area contributed by atoms with Crippen molar-refractivity contribution in [3.8, 4) is 0 Å². The molecule has 0 radical (unpaired) electrons. The van der Waals surface area contributed by atoms with Gasteiger partial charge in [0.2, 0.25) is 0 Å². The van der Waals surface area contributed by atoms with Gasteiger partial charge >= 0.3 is 29.6 Å². The van der Waals surface area contributed by atoms with Crippen LogP contribution >= 0.6 is 0 Å². The number of hydrogen-bond donors (Lipinski definition) is 0. The zero-order valence-electron chi connectivity index (χ0n) is 5.39. The third-order valence-electron chi connectivity index (χ3n) is 0.329. The molecule has 0 aromatic heterocycles. The summed E-state index contributed by atoms with van der Waals surface area (Å²) in [5, 5.41) is 2.65. The molecule has 0 aliphatic heterocycles. The minimum absolute atomic E-state index is 0. The summed E-state index contributed by atoms with van der Waals surface area (Å²) < 4.78 is 10.1. The maximum Gasteiger partial charge on any atom is 1.00 e. The SMILES string of the molecule is C=CS(=O)C=C.[H-].[Na+]. The molecule has 0 bridgehead atoms. The van der Waals surface area contributed by atoms with Gasteiger partial charge in [-0.05, 0) is 10.8 Å². The molecule has 0 aromatic carbocycles. The molecule has 0 atom stereocenters. The van der Waals surface area contributed by atoms with Crippen LogP contribution in [0.1, 0.15) is 1.43 Å². The molecule has 0 N–H and O–H groups in total. The summed E-state index contributed by atoms with van der Waals surface area (Å²) in [5.41, 5.74) is 0. The fourth-order valence-corrected chi connectivity index (χ4v) is 0.204. The first-order valence-corrected chi connectivity index (χ1v) is 2.73. The zero-order chi connectivity index (χ0) is 4.99. The number of rotatable bonds is 2. The van der Waals surface area contributed by atoms with Gasteiger partial charge in [-0.1, -0.05) is 13.2 Å². The van der Waals surface area contributed by atoms with Gasteiger partial charge in [0.25, 0.3) is 0 Å². The van der Waals surface area contributed by atoms with Gasteiger partial charge in [-0.15, -0.1) is 0 Å². The van der Waals surface area contributed by atoms with E-state index in [0.717, 1.165) is 0 Å². The van der Waals surface area contributed by atoms with E-state index >= 15 is 0 Å². The van der Waals surface area contributed by atoms with E-state index < -0.39 is 10.8 Å².